The number of halogens is 2. The number of nitrogens with zero attached hydrogens (tertiary/aromatic N) is 2. The molecule has 2 aromatic carbocycles. The molecule has 1 aliphatic heterocycles. The summed E-state index contributed by atoms with van der Waals surface area (Å²) in [5, 5.41) is 3.30. The summed E-state index contributed by atoms with van der Waals surface area (Å²) >= 11 is 6.48. The van der Waals surface area contributed by atoms with Gasteiger partial charge in [-0.15, -0.1) is 0 Å². The number of amides is 2. The van der Waals surface area contributed by atoms with E-state index in [1.54, 1.807) is 31.2 Å². The number of nitrogens with one attached hydrogen (secondary N) is 2. The van der Waals surface area contributed by atoms with Crippen molar-refractivity contribution in [3.63, 3.8) is 0 Å². The maximum absolute atomic E-state index is 14.3. The third-order valence-electron chi connectivity index (χ3n) is 6.53. The van der Waals surface area contributed by atoms with Crippen molar-refractivity contribution in [3.05, 3.63) is 64.9 Å². The lowest BCUT2D eigenvalue weighted by Crippen LogP contribution is -2.50. The van der Waals surface area contributed by atoms with Gasteiger partial charge in [-0.25, -0.2) is 4.39 Å². The molecule has 2 N–H and O–H groups in total. The van der Waals surface area contributed by atoms with E-state index in [0.717, 1.165) is 43.1 Å². The van der Waals surface area contributed by atoms with Crippen LogP contribution in [0.1, 0.15) is 50.6 Å². The Hall–Kier alpha value is -2.53. The zero-order chi connectivity index (χ0) is 25.9. The number of carbonyl (C=O) groups is 2. The summed E-state index contributed by atoms with van der Waals surface area (Å²) in [6, 6.07) is 10.5. The van der Waals surface area contributed by atoms with Gasteiger partial charge in [-0.1, -0.05) is 55.1 Å². The van der Waals surface area contributed by atoms with Crippen LogP contribution >= 0.6 is 11.6 Å². The summed E-state index contributed by atoms with van der Waals surface area (Å²) in [4.78, 5) is 28.4. The van der Waals surface area contributed by atoms with Gasteiger partial charge in [0.1, 0.15) is 11.9 Å². The van der Waals surface area contributed by atoms with Crippen molar-refractivity contribution in [2.45, 2.75) is 57.2 Å². The van der Waals surface area contributed by atoms with E-state index in [1.165, 1.54) is 22.5 Å². The molecule has 8 nitrogen and oxygen atoms in total. The Morgan fingerprint density at radius 2 is 1.83 bits per heavy atom. The van der Waals surface area contributed by atoms with Crippen LogP contribution in [-0.2, 0) is 19.8 Å². The fraction of sp³-hybridized carbons (Fsp3) is 0.440. The average molecular weight is 537 g/mol. The molecule has 11 heteroatoms. The van der Waals surface area contributed by atoms with Gasteiger partial charge in [0.15, 0.2) is 0 Å². The molecule has 0 spiro atoms. The van der Waals surface area contributed by atoms with Crippen LogP contribution in [-0.4, -0.2) is 49.7 Å². The van der Waals surface area contributed by atoms with Gasteiger partial charge in [-0.2, -0.15) is 17.4 Å². The third-order valence-corrected chi connectivity index (χ3v) is 8.51. The SMILES string of the molecule is CC1CN1S(=O)(=O)NCC(=O)N(c1cccc(F)c1)C(C(=O)NC1CCCCC1)c1ccccc1Cl. The molecule has 0 aromatic heterocycles. The second-order valence-electron chi connectivity index (χ2n) is 9.26. The maximum Gasteiger partial charge on any atom is 0.280 e. The van der Waals surface area contributed by atoms with Gasteiger partial charge in [-0.05, 0) is 44.0 Å². The maximum atomic E-state index is 14.3. The number of hydrogen-bond acceptors (Lipinski definition) is 4. The first-order valence-electron chi connectivity index (χ1n) is 12.1. The molecule has 2 fully saturated rings. The zero-order valence-electron chi connectivity index (χ0n) is 20.0. The summed E-state index contributed by atoms with van der Waals surface area (Å²) in [5.74, 6) is -1.79. The van der Waals surface area contributed by atoms with Gasteiger partial charge in [0.25, 0.3) is 10.2 Å². The van der Waals surface area contributed by atoms with Gasteiger partial charge >= 0.3 is 0 Å². The monoisotopic (exact) mass is 536 g/mol. The molecule has 3 unspecified atom stereocenters. The molecule has 1 saturated heterocycles. The largest absolute Gasteiger partial charge is 0.351 e. The highest BCUT2D eigenvalue weighted by Gasteiger charge is 2.41. The summed E-state index contributed by atoms with van der Waals surface area (Å²) < 4.78 is 42.8. The summed E-state index contributed by atoms with van der Waals surface area (Å²) in [7, 11) is -3.86. The Labute approximate surface area is 216 Å². The van der Waals surface area contributed by atoms with Gasteiger partial charge in [0.2, 0.25) is 11.8 Å². The highest BCUT2D eigenvalue weighted by atomic mass is 35.5. The number of hydrogen-bond donors (Lipinski definition) is 2. The smallest absolute Gasteiger partial charge is 0.280 e. The van der Waals surface area contributed by atoms with Crippen molar-refractivity contribution in [1.29, 1.82) is 0 Å². The van der Waals surface area contributed by atoms with Gasteiger partial charge in [0, 0.05) is 34.9 Å². The Bertz CT molecular complexity index is 1220. The number of rotatable bonds is 9. The minimum Gasteiger partial charge on any atom is -0.351 e. The molecule has 2 amide bonds. The highest BCUT2D eigenvalue weighted by molar-refractivity contribution is 7.87. The van der Waals surface area contributed by atoms with Crippen LogP contribution in [0.15, 0.2) is 48.5 Å². The lowest BCUT2D eigenvalue weighted by Gasteiger charge is -2.34. The Morgan fingerprint density at radius 3 is 2.47 bits per heavy atom. The highest BCUT2D eigenvalue weighted by Crippen LogP contribution is 2.33. The van der Waals surface area contributed by atoms with E-state index >= 15 is 0 Å². The predicted octanol–water partition coefficient (Wildman–Crippen LogP) is 3.54. The molecule has 1 aliphatic carbocycles. The van der Waals surface area contributed by atoms with Crippen molar-refractivity contribution < 1.29 is 22.4 Å². The Morgan fingerprint density at radius 1 is 1.14 bits per heavy atom. The minimum atomic E-state index is -3.86. The molecule has 36 heavy (non-hydrogen) atoms. The van der Waals surface area contributed by atoms with Crippen LogP contribution in [0.3, 0.4) is 0 Å². The molecule has 2 aromatic rings. The number of benzene rings is 2. The second kappa shape index (κ2) is 11.2. The Kier molecular flexibility index (Phi) is 8.29. The van der Waals surface area contributed by atoms with E-state index in [0.29, 0.717) is 12.1 Å². The summed E-state index contributed by atoms with van der Waals surface area (Å²) in [6.07, 6.45) is 4.73. The molecule has 3 atom stereocenters. The molecule has 0 radical (unpaired) electrons. The topological polar surface area (TPSA) is 98.6 Å². The third kappa shape index (κ3) is 6.23. The molecule has 2 aliphatic rings. The normalized spacial score (nSPS) is 21.0. The van der Waals surface area contributed by atoms with E-state index in [9.17, 15) is 22.4 Å². The fourth-order valence-corrected chi connectivity index (χ4v) is 6.15. The molecular formula is C25H30ClFN4O4S. The van der Waals surface area contributed by atoms with Crippen molar-refractivity contribution in [3.8, 4) is 0 Å². The molecular weight excluding hydrogens is 507 g/mol. The second-order valence-corrected chi connectivity index (χ2v) is 11.4. The van der Waals surface area contributed by atoms with Crippen LogP contribution in [0.2, 0.25) is 5.02 Å². The zero-order valence-corrected chi connectivity index (χ0v) is 21.6. The molecule has 4 rings (SSSR count). The first-order chi connectivity index (χ1) is 17.2. The van der Waals surface area contributed by atoms with Crippen molar-refractivity contribution in [1.82, 2.24) is 14.3 Å². The molecule has 194 valence electrons. The summed E-state index contributed by atoms with van der Waals surface area (Å²) in [5.41, 5.74) is 0.468. The van der Waals surface area contributed by atoms with Crippen LogP contribution in [0.4, 0.5) is 10.1 Å². The first kappa shape index (κ1) is 26.5. The van der Waals surface area contributed by atoms with Gasteiger partial charge in [0.05, 0.1) is 6.54 Å². The van der Waals surface area contributed by atoms with E-state index < -0.39 is 40.4 Å². The van der Waals surface area contributed by atoms with Crippen molar-refractivity contribution in [2.24, 2.45) is 0 Å². The molecule has 1 heterocycles. The lowest BCUT2D eigenvalue weighted by molar-refractivity contribution is -0.127. The van der Waals surface area contributed by atoms with Crippen molar-refractivity contribution in [2.75, 3.05) is 18.0 Å². The van der Waals surface area contributed by atoms with E-state index in [1.807, 2.05) is 0 Å². The fourth-order valence-electron chi connectivity index (χ4n) is 4.55. The van der Waals surface area contributed by atoms with Gasteiger partial charge in [-0.3, -0.25) is 14.5 Å². The predicted molar refractivity (Wildman–Crippen MR) is 136 cm³/mol. The summed E-state index contributed by atoms with van der Waals surface area (Å²) in [6.45, 7) is 1.51. The average Bonchev–Trinajstić information content (AvgIpc) is 3.60. The quantitative estimate of drug-likeness (QED) is 0.479. The molecule has 1 saturated carbocycles. The standard InChI is InChI=1S/C25H30ClFN4O4S/c1-17-16-30(17)36(34,35)28-15-23(32)31(20-11-7-8-18(27)14-20)24(21-12-5-6-13-22(21)26)25(33)29-19-9-3-2-4-10-19/h5-8,11-14,17,19,24,28H,2-4,9-10,15-16H2,1H3,(H,29,33). The van der Waals surface area contributed by atoms with E-state index in [2.05, 4.69) is 10.0 Å². The molecule has 0 bridgehead atoms. The minimum absolute atomic E-state index is 0.0524. The number of anilines is 1. The van der Waals surface area contributed by atoms with E-state index in [-0.39, 0.29) is 22.8 Å². The number of carbonyl (C=O) groups excluding carboxylic acids is 2. The van der Waals surface area contributed by atoms with Crippen LogP contribution in [0.25, 0.3) is 0 Å². The van der Waals surface area contributed by atoms with Gasteiger partial charge < -0.3 is 5.32 Å². The van der Waals surface area contributed by atoms with Crippen LogP contribution in [0.5, 0.6) is 0 Å². The Balaban J connectivity index is 1.70. The van der Waals surface area contributed by atoms with Crippen LogP contribution in [0, 0.1) is 5.82 Å². The van der Waals surface area contributed by atoms with Crippen LogP contribution < -0.4 is 14.9 Å². The van der Waals surface area contributed by atoms with Crippen molar-refractivity contribution >= 4 is 39.3 Å². The lowest BCUT2D eigenvalue weighted by atomic mass is 9.94. The first-order valence-corrected chi connectivity index (χ1v) is 13.9. The van der Waals surface area contributed by atoms with E-state index in [4.69, 9.17) is 11.6 Å².